The van der Waals surface area contributed by atoms with E-state index >= 15 is 0 Å². The quantitative estimate of drug-likeness (QED) is 0.788. The van der Waals surface area contributed by atoms with Crippen molar-refractivity contribution >= 4 is 11.6 Å². The zero-order valence-electron chi connectivity index (χ0n) is 11.3. The molecule has 102 valence electrons. The van der Waals surface area contributed by atoms with Gasteiger partial charge < -0.3 is 9.88 Å². The van der Waals surface area contributed by atoms with Gasteiger partial charge in [0.15, 0.2) is 0 Å². The molecular weight excluding hydrogens is 258 g/mol. The summed E-state index contributed by atoms with van der Waals surface area (Å²) in [4.78, 5) is 4.42. The summed E-state index contributed by atoms with van der Waals surface area (Å²) in [6.07, 6.45) is 6.10. The van der Waals surface area contributed by atoms with Gasteiger partial charge in [-0.25, -0.2) is 4.98 Å². The number of imidazole rings is 1. The Kier molecular flexibility index (Phi) is 5.43. The van der Waals surface area contributed by atoms with Crippen molar-refractivity contribution in [3.05, 3.63) is 53.1 Å². The Labute approximate surface area is 119 Å². The summed E-state index contributed by atoms with van der Waals surface area (Å²) < 4.78 is 2.08. The van der Waals surface area contributed by atoms with Crippen LogP contribution in [0, 0.1) is 0 Å². The molecule has 0 atom stereocenters. The molecule has 1 N–H and O–H groups in total. The van der Waals surface area contributed by atoms with Crippen LogP contribution in [0.3, 0.4) is 0 Å². The molecule has 3 nitrogen and oxygen atoms in total. The number of nitrogens with one attached hydrogen (secondary N) is 1. The molecule has 4 heteroatoms. The third-order valence-corrected chi connectivity index (χ3v) is 3.35. The van der Waals surface area contributed by atoms with Gasteiger partial charge in [0.05, 0.1) is 12.0 Å². The maximum atomic E-state index is 6.16. The Balaban J connectivity index is 1.89. The molecule has 0 aliphatic heterocycles. The smallest absolute Gasteiger partial charge is 0.0952 e. The van der Waals surface area contributed by atoms with Gasteiger partial charge in [0.2, 0.25) is 0 Å². The maximum Gasteiger partial charge on any atom is 0.0952 e. The van der Waals surface area contributed by atoms with Crippen LogP contribution in [0.5, 0.6) is 0 Å². The molecule has 1 aromatic carbocycles. The van der Waals surface area contributed by atoms with E-state index < -0.39 is 0 Å². The highest BCUT2D eigenvalue weighted by molar-refractivity contribution is 6.31. The van der Waals surface area contributed by atoms with Crippen LogP contribution >= 0.6 is 11.6 Å². The molecule has 0 spiro atoms. The van der Waals surface area contributed by atoms with Gasteiger partial charge in [-0.15, -0.1) is 0 Å². The van der Waals surface area contributed by atoms with Crippen LogP contribution in [0.25, 0.3) is 0 Å². The monoisotopic (exact) mass is 277 g/mol. The van der Waals surface area contributed by atoms with Crippen LogP contribution in [0.15, 0.2) is 36.8 Å². The van der Waals surface area contributed by atoms with Crippen molar-refractivity contribution in [3.63, 3.8) is 0 Å². The Morgan fingerprint density at radius 1 is 1.26 bits per heavy atom. The van der Waals surface area contributed by atoms with Gasteiger partial charge in [0, 0.05) is 30.7 Å². The number of rotatable bonds is 7. The zero-order chi connectivity index (χ0) is 13.5. The lowest BCUT2D eigenvalue weighted by Crippen LogP contribution is -2.17. The van der Waals surface area contributed by atoms with Gasteiger partial charge in [-0.05, 0) is 24.6 Å². The topological polar surface area (TPSA) is 29.9 Å². The minimum atomic E-state index is 0.773. The second-order valence-corrected chi connectivity index (χ2v) is 5.04. The summed E-state index contributed by atoms with van der Waals surface area (Å²) in [5, 5.41) is 4.19. The molecule has 19 heavy (non-hydrogen) atoms. The molecule has 0 radical (unpaired) electrons. The van der Waals surface area contributed by atoms with Gasteiger partial charge >= 0.3 is 0 Å². The molecule has 2 aromatic rings. The summed E-state index contributed by atoms with van der Waals surface area (Å²) >= 11 is 6.16. The Hall–Kier alpha value is -1.32. The highest BCUT2D eigenvalue weighted by atomic mass is 35.5. The lowest BCUT2D eigenvalue weighted by Gasteiger charge is -2.04. The highest BCUT2D eigenvalue weighted by Crippen LogP contribution is 2.16. The van der Waals surface area contributed by atoms with Crippen molar-refractivity contribution in [1.82, 2.24) is 14.9 Å². The van der Waals surface area contributed by atoms with Crippen molar-refractivity contribution in [2.24, 2.45) is 0 Å². The van der Waals surface area contributed by atoms with E-state index in [-0.39, 0.29) is 0 Å². The summed E-state index contributed by atoms with van der Waals surface area (Å²) in [5.74, 6) is 0. The molecule has 1 heterocycles. The van der Waals surface area contributed by atoms with Crippen molar-refractivity contribution in [3.8, 4) is 0 Å². The molecule has 0 saturated heterocycles. The van der Waals surface area contributed by atoms with E-state index in [1.807, 2.05) is 30.6 Å². The van der Waals surface area contributed by atoms with Crippen LogP contribution in [-0.4, -0.2) is 22.6 Å². The van der Waals surface area contributed by atoms with Crippen LogP contribution in [-0.2, 0) is 13.0 Å². The van der Waals surface area contributed by atoms with Crippen molar-refractivity contribution < 1.29 is 0 Å². The molecule has 0 aliphatic carbocycles. The van der Waals surface area contributed by atoms with Gasteiger partial charge in [0.1, 0.15) is 0 Å². The Bertz CT molecular complexity index is 508. The fourth-order valence-electron chi connectivity index (χ4n) is 1.96. The average Bonchev–Trinajstić information content (AvgIpc) is 2.85. The van der Waals surface area contributed by atoms with Crippen molar-refractivity contribution in [2.45, 2.75) is 26.3 Å². The standard InChI is InChI=1S/C15H20ClN3/c1-2-8-17-9-7-14-11-19(12-18-14)10-13-5-3-4-6-15(13)16/h3-6,11-12,17H,2,7-10H2,1H3. The lowest BCUT2D eigenvalue weighted by molar-refractivity contribution is 0.666. The average molecular weight is 278 g/mol. The third kappa shape index (κ3) is 4.37. The largest absolute Gasteiger partial charge is 0.333 e. The first-order valence-corrected chi connectivity index (χ1v) is 7.12. The van der Waals surface area contributed by atoms with Crippen molar-refractivity contribution in [1.29, 1.82) is 0 Å². The molecule has 0 bridgehead atoms. The van der Waals surface area contributed by atoms with E-state index in [9.17, 15) is 0 Å². The first-order chi connectivity index (χ1) is 9.29. The molecule has 2 rings (SSSR count). The summed E-state index contributed by atoms with van der Waals surface area (Å²) in [5.41, 5.74) is 2.24. The SMILES string of the molecule is CCCNCCc1cn(Cc2ccccc2Cl)cn1. The zero-order valence-corrected chi connectivity index (χ0v) is 12.0. The molecule has 1 aromatic heterocycles. The molecule has 0 unspecified atom stereocenters. The third-order valence-electron chi connectivity index (χ3n) is 2.98. The normalized spacial score (nSPS) is 10.8. The molecule has 0 amide bonds. The van der Waals surface area contributed by atoms with Gasteiger partial charge in [-0.3, -0.25) is 0 Å². The number of hydrogen-bond donors (Lipinski definition) is 1. The predicted molar refractivity (Wildman–Crippen MR) is 79.6 cm³/mol. The predicted octanol–water partition coefficient (Wildman–Crippen LogP) is 3.13. The first kappa shape index (κ1) is 14.1. The van der Waals surface area contributed by atoms with Gasteiger partial charge in [-0.2, -0.15) is 0 Å². The van der Waals surface area contributed by atoms with Crippen LogP contribution < -0.4 is 5.32 Å². The van der Waals surface area contributed by atoms with Crippen LogP contribution in [0.4, 0.5) is 0 Å². The van der Waals surface area contributed by atoms with E-state index in [0.717, 1.165) is 42.3 Å². The minimum absolute atomic E-state index is 0.773. The van der Waals surface area contributed by atoms with Crippen LogP contribution in [0.2, 0.25) is 5.02 Å². The lowest BCUT2D eigenvalue weighted by atomic mass is 10.2. The van der Waals surface area contributed by atoms with Crippen molar-refractivity contribution in [2.75, 3.05) is 13.1 Å². The molecule has 0 saturated carbocycles. The summed E-state index contributed by atoms with van der Waals surface area (Å²) in [6, 6.07) is 7.92. The number of benzene rings is 1. The van der Waals surface area contributed by atoms with Crippen LogP contribution in [0.1, 0.15) is 24.6 Å². The number of aromatic nitrogens is 2. The fraction of sp³-hybridized carbons (Fsp3) is 0.400. The van der Waals surface area contributed by atoms with E-state index in [1.165, 1.54) is 6.42 Å². The Morgan fingerprint density at radius 3 is 2.89 bits per heavy atom. The van der Waals surface area contributed by atoms with E-state index in [1.54, 1.807) is 0 Å². The van der Waals surface area contributed by atoms with Gasteiger partial charge in [-0.1, -0.05) is 36.7 Å². The fourth-order valence-corrected chi connectivity index (χ4v) is 2.16. The first-order valence-electron chi connectivity index (χ1n) is 6.74. The summed E-state index contributed by atoms with van der Waals surface area (Å²) in [6.45, 7) is 5.00. The summed E-state index contributed by atoms with van der Waals surface area (Å²) in [7, 11) is 0. The second-order valence-electron chi connectivity index (χ2n) is 4.63. The van der Waals surface area contributed by atoms with E-state index in [2.05, 4.69) is 28.0 Å². The number of halogens is 1. The van der Waals surface area contributed by atoms with E-state index in [0.29, 0.717) is 0 Å². The molecule has 0 aliphatic rings. The van der Waals surface area contributed by atoms with Gasteiger partial charge in [0.25, 0.3) is 0 Å². The minimum Gasteiger partial charge on any atom is -0.333 e. The number of hydrogen-bond acceptors (Lipinski definition) is 2. The highest BCUT2D eigenvalue weighted by Gasteiger charge is 2.02. The maximum absolute atomic E-state index is 6.16. The second kappa shape index (κ2) is 7.31. The molecular formula is C15H20ClN3. The Morgan fingerprint density at radius 2 is 2.11 bits per heavy atom. The number of nitrogens with zero attached hydrogens (tertiary/aromatic N) is 2. The molecule has 0 fully saturated rings. The van der Waals surface area contributed by atoms with E-state index in [4.69, 9.17) is 11.6 Å².